The average molecular weight is 325 g/mol. The number of rotatable bonds is 7. The van der Waals surface area contributed by atoms with Crippen molar-refractivity contribution in [1.82, 2.24) is 5.32 Å². The zero-order chi connectivity index (χ0) is 15.0. The van der Waals surface area contributed by atoms with Gasteiger partial charge in [0.15, 0.2) is 0 Å². The molecule has 1 aromatic carbocycles. The van der Waals surface area contributed by atoms with Gasteiger partial charge in [-0.05, 0) is 18.4 Å². The zero-order valence-electron chi connectivity index (χ0n) is 12.5. The first-order chi connectivity index (χ1) is 9.49. The van der Waals surface area contributed by atoms with E-state index < -0.39 is 30.5 Å². The minimum absolute atomic E-state index is 0. The third kappa shape index (κ3) is 10.2. The summed E-state index contributed by atoms with van der Waals surface area (Å²) in [4.78, 5) is 32.4. The molecule has 0 heterocycles. The maximum Gasteiger partial charge on any atom is 1.00 e. The van der Waals surface area contributed by atoms with Crippen molar-refractivity contribution in [3.05, 3.63) is 35.9 Å². The fraction of sp³-hybridized carbons (Fsp3) is 0.308. The molecule has 0 aromatic heterocycles. The fourth-order valence-electron chi connectivity index (χ4n) is 1.42. The van der Waals surface area contributed by atoms with Crippen molar-refractivity contribution in [3.63, 3.8) is 0 Å². The van der Waals surface area contributed by atoms with Crippen molar-refractivity contribution < 1.29 is 88.4 Å². The number of ether oxygens (including phenoxy) is 1. The molecule has 0 bridgehead atoms. The molecule has 1 amide bonds. The smallest absolute Gasteiger partial charge is 0.550 e. The molecule has 9 heteroatoms. The molecule has 22 heavy (non-hydrogen) atoms. The van der Waals surface area contributed by atoms with Gasteiger partial charge in [-0.3, -0.25) is 0 Å². The molecule has 1 N–H and O–H groups in total. The number of hydrogen-bond donors (Lipinski definition) is 1. The minimum Gasteiger partial charge on any atom is -0.550 e. The zero-order valence-corrected chi connectivity index (χ0v) is 16.5. The van der Waals surface area contributed by atoms with Crippen LogP contribution in [0.25, 0.3) is 0 Å². The molecule has 0 fully saturated rings. The second-order valence-electron chi connectivity index (χ2n) is 3.99. The van der Waals surface area contributed by atoms with Gasteiger partial charge in [0.05, 0.1) is 12.0 Å². The van der Waals surface area contributed by atoms with Crippen LogP contribution < -0.4 is 74.6 Å². The standard InChI is InChI=1S/C13H15NO6.2Na/c15-11(16)7-6-10(12(17)18)14-13(19)20-8-9-4-2-1-3-5-9;;/h1-5,10H,6-8H2,(H,14,19)(H,15,16)(H,17,18);;/q;2*+1/p-2/t10-;;/m1../s1. The molecule has 0 spiro atoms. The molecule has 1 aromatic rings. The number of carbonyl (C=O) groups excluding carboxylic acids is 3. The van der Waals surface area contributed by atoms with Crippen LogP contribution in [0.15, 0.2) is 30.3 Å². The Morgan fingerprint density at radius 3 is 2.18 bits per heavy atom. The molecule has 0 aliphatic carbocycles. The predicted molar refractivity (Wildman–Crippen MR) is 62.8 cm³/mol. The Kier molecular flexibility index (Phi) is 13.9. The molecular weight excluding hydrogens is 312 g/mol. The van der Waals surface area contributed by atoms with E-state index in [4.69, 9.17) is 4.74 Å². The molecule has 108 valence electrons. The van der Waals surface area contributed by atoms with Crippen LogP contribution in [-0.2, 0) is 20.9 Å². The number of carboxylic acid groups (broad SMARTS) is 2. The monoisotopic (exact) mass is 325 g/mol. The van der Waals surface area contributed by atoms with Gasteiger partial charge in [-0.15, -0.1) is 0 Å². The summed E-state index contributed by atoms with van der Waals surface area (Å²) in [7, 11) is 0. The topological polar surface area (TPSA) is 119 Å². The summed E-state index contributed by atoms with van der Waals surface area (Å²) in [5, 5.41) is 23.0. The summed E-state index contributed by atoms with van der Waals surface area (Å²) in [6, 6.07) is 7.37. The van der Waals surface area contributed by atoms with Crippen LogP contribution in [0.4, 0.5) is 4.79 Å². The molecular formula is C13H13NNa2O6. The third-order valence-electron chi connectivity index (χ3n) is 2.43. The largest absolute Gasteiger partial charge is 1.00 e. The van der Waals surface area contributed by atoms with Crippen LogP contribution in [0.5, 0.6) is 0 Å². The first-order valence-electron chi connectivity index (χ1n) is 5.87. The van der Waals surface area contributed by atoms with Crippen LogP contribution in [-0.4, -0.2) is 24.1 Å². The van der Waals surface area contributed by atoms with Crippen LogP contribution >= 0.6 is 0 Å². The number of amides is 1. The van der Waals surface area contributed by atoms with Gasteiger partial charge in [0.2, 0.25) is 0 Å². The van der Waals surface area contributed by atoms with Crippen molar-refractivity contribution >= 4 is 18.0 Å². The molecule has 0 saturated heterocycles. The fourth-order valence-corrected chi connectivity index (χ4v) is 1.42. The van der Waals surface area contributed by atoms with Gasteiger partial charge in [0.1, 0.15) is 6.61 Å². The van der Waals surface area contributed by atoms with Gasteiger partial charge >= 0.3 is 65.2 Å². The van der Waals surface area contributed by atoms with Crippen molar-refractivity contribution in [2.75, 3.05) is 0 Å². The second-order valence-corrected chi connectivity index (χ2v) is 3.99. The first-order valence-corrected chi connectivity index (χ1v) is 5.87. The number of nitrogens with one attached hydrogen (secondary N) is 1. The van der Waals surface area contributed by atoms with Gasteiger partial charge < -0.3 is 29.9 Å². The second kappa shape index (κ2) is 12.9. The van der Waals surface area contributed by atoms with E-state index in [-0.39, 0.29) is 72.1 Å². The third-order valence-corrected chi connectivity index (χ3v) is 2.43. The Morgan fingerprint density at radius 2 is 1.68 bits per heavy atom. The van der Waals surface area contributed by atoms with Crippen LogP contribution in [0.2, 0.25) is 0 Å². The molecule has 0 aliphatic heterocycles. The Hall–Kier alpha value is -0.570. The molecule has 1 atom stereocenters. The van der Waals surface area contributed by atoms with E-state index in [1.807, 2.05) is 5.32 Å². The number of carbonyl (C=O) groups is 3. The maximum atomic E-state index is 11.4. The van der Waals surface area contributed by atoms with Gasteiger partial charge in [-0.1, -0.05) is 30.3 Å². The van der Waals surface area contributed by atoms with E-state index in [0.29, 0.717) is 0 Å². The van der Waals surface area contributed by atoms with Gasteiger partial charge in [-0.2, -0.15) is 0 Å². The van der Waals surface area contributed by atoms with Crippen molar-refractivity contribution in [2.24, 2.45) is 0 Å². The van der Waals surface area contributed by atoms with E-state index in [9.17, 15) is 24.6 Å². The summed E-state index contributed by atoms with van der Waals surface area (Å²) >= 11 is 0. The predicted octanol–water partition coefficient (Wildman–Crippen LogP) is -7.43. The molecule has 1 rings (SSSR count). The maximum absolute atomic E-state index is 11.4. The van der Waals surface area contributed by atoms with E-state index in [2.05, 4.69) is 0 Å². The van der Waals surface area contributed by atoms with Gasteiger partial charge in [0.25, 0.3) is 0 Å². The van der Waals surface area contributed by atoms with Crippen LogP contribution in [0.1, 0.15) is 18.4 Å². The Bertz CT molecular complexity index is 483. The summed E-state index contributed by atoms with van der Waals surface area (Å²) < 4.78 is 4.81. The normalized spacial score (nSPS) is 10.4. The van der Waals surface area contributed by atoms with Crippen molar-refractivity contribution in [3.8, 4) is 0 Å². The summed E-state index contributed by atoms with van der Waals surface area (Å²) in [5.74, 6) is -2.99. The summed E-state index contributed by atoms with van der Waals surface area (Å²) in [5.41, 5.74) is 0.738. The van der Waals surface area contributed by atoms with E-state index in [1.54, 1.807) is 30.3 Å². The average Bonchev–Trinajstić information content (AvgIpc) is 2.41. The number of benzene rings is 1. The van der Waals surface area contributed by atoms with Crippen LogP contribution in [0, 0.1) is 0 Å². The number of alkyl carbamates (subject to hydrolysis) is 1. The molecule has 0 saturated carbocycles. The summed E-state index contributed by atoms with van der Waals surface area (Å²) in [6.45, 7) is -0.0209. The molecule has 7 nitrogen and oxygen atoms in total. The number of hydrogen-bond acceptors (Lipinski definition) is 6. The van der Waals surface area contributed by atoms with Gasteiger partial charge in [0, 0.05) is 5.97 Å². The molecule has 0 unspecified atom stereocenters. The van der Waals surface area contributed by atoms with Crippen molar-refractivity contribution in [1.29, 1.82) is 0 Å². The van der Waals surface area contributed by atoms with E-state index >= 15 is 0 Å². The summed E-state index contributed by atoms with van der Waals surface area (Å²) in [6.07, 6.45) is -1.79. The number of aliphatic carboxylic acids is 2. The first kappa shape index (κ1) is 23.7. The Balaban J connectivity index is 0. The molecule has 0 radical (unpaired) electrons. The quantitative estimate of drug-likeness (QED) is 0.498. The SMILES string of the molecule is O=C([O-])CC[C@@H](NC(=O)OCc1ccccc1)C(=O)[O-].[Na+].[Na+]. The Labute approximate surface area is 172 Å². The molecule has 0 aliphatic rings. The van der Waals surface area contributed by atoms with E-state index in [0.717, 1.165) is 5.56 Å². The van der Waals surface area contributed by atoms with Crippen LogP contribution in [0.3, 0.4) is 0 Å². The van der Waals surface area contributed by atoms with E-state index in [1.165, 1.54) is 0 Å². The van der Waals surface area contributed by atoms with Gasteiger partial charge in [-0.25, -0.2) is 4.79 Å². The Morgan fingerprint density at radius 1 is 1.09 bits per heavy atom. The number of carboxylic acids is 2. The minimum atomic E-state index is -1.58. The van der Waals surface area contributed by atoms with Crippen molar-refractivity contribution in [2.45, 2.75) is 25.5 Å².